The van der Waals surface area contributed by atoms with Gasteiger partial charge in [0.2, 0.25) is 0 Å². The number of hydrogen-bond acceptors (Lipinski definition) is 3. The Morgan fingerprint density at radius 3 is 2.48 bits per heavy atom. The number of urea groups is 1. The monoisotopic (exact) mass is 440 g/mol. The number of piperidine rings is 1. The number of H-pyrrole nitrogens is 1. The van der Waals surface area contributed by atoms with Gasteiger partial charge in [-0.3, -0.25) is 0 Å². The number of nitrogens with one attached hydrogen (secondary N) is 2. The van der Waals surface area contributed by atoms with Gasteiger partial charge >= 0.3 is 6.03 Å². The number of aromatic amines is 1. The number of hydrogen-bond donors (Lipinski definition) is 2. The largest absolute Gasteiger partial charge is 0.497 e. The van der Waals surface area contributed by atoms with Crippen molar-refractivity contribution >= 4 is 17.1 Å². The van der Waals surface area contributed by atoms with Crippen LogP contribution in [0.2, 0.25) is 0 Å². The molecule has 1 atom stereocenters. The van der Waals surface area contributed by atoms with E-state index in [1.807, 2.05) is 71.8 Å². The normalized spacial score (nSPS) is 15.4. The summed E-state index contributed by atoms with van der Waals surface area (Å²) in [5, 5.41) is 4.45. The number of amides is 2. The number of methoxy groups -OCH3 is 1. The number of pyridine rings is 1. The lowest BCUT2D eigenvalue weighted by Gasteiger charge is -2.33. The quantitative estimate of drug-likeness (QED) is 0.445. The van der Waals surface area contributed by atoms with E-state index in [0.29, 0.717) is 5.92 Å². The number of nitrogens with zero attached hydrogens (tertiary/aromatic N) is 2. The van der Waals surface area contributed by atoms with Crippen LogP contribution in [-0.4, -0.2) is 41.1 Å². The van der Waals surface area contributed by atoms with E-state index in [1.54, 1.807) is 7.11 Å². The van der Waals surface area contributed by atoms with Crippen LogP contribution in [0.15, 0.2) is 79.1 Å². The fourth-order valence-electron chi connectivity index (χ4n) is 4.72. The number of carbonyl (C=O) groups is 1. The van der Waals surface area contributed by atoms with Gasteiger partial charge in [0.15, 0.2) is 0 Å². The standard InChI is InChI=1S/C27H28N4O2/c1-33-22-11-9-21(10-12-22)25(20-6-3-2-4-7-20)30-27(32)31-16-13-19(14-17-31)24-18-29-26-23(24)8-5-15-28-26/h2-12,15,18-19,25H,13-14,16-17H2,1H3,(H,28,29)(H,30,32). The number of benzene rings is 2. The Hall–Kier alpha value is -3.80. The maximum absolute atomic E-state index is 13.3. The van der Waals surface area contributed by atoms with Crippen molar-refractivity contribution in [3.63, 3.8) is 0 Å². The van der Waals surface area contributed by atoms with E-state index in [1.165, 1.54) is 10.9 Å². The SMILES string of the molecule is COc1ccc(C(NC(=O)N2CCC(c3c[nH]c4ncccc34)CC2)c2ccccc2)cc1. The lowest BCUT2D eigenvalue weighted by molar-refractivity contribution is 0.179. The molecule has 2 amide bonds. The first kappa shape index (κ1) is 21.1. The van der Waals surface area contributed by atoms with Gasteiger partial charge in [0.05, 0.1) is 13.2 Å². The Morgan fingerprint density at radius 2 is 1.76 bits per heavy atom. The molecule has 5 rings (SSSR count). The van der Waals surface area contributed by atoms with Gasteiger partial charge in [-0.05, 0) is 59.7 Å². The Labute approximate surface area is 193 Å². The minimum atomic E-state index is -0.220. The van der Waals surface area contributed by atoms with Crippen LogP contribution in [0.1, 0.15) is 41.5 Å². The smallest absolute Gasteiger partial charge is 0.318 e. The summed E-state index contributed by atoms with van der Waals surface area (Å²) in [5.41, 5.74) is 4.31. The number of carbonyl (C=O) groups excluding carboxylic acids is 1. The Bertz CT molecular complexity index is 1210. The highest BCUT2D eigenvalue weighted by Crippen LogP contribution is 2.33. The second kappa shape index (κ2) is 9.36. The molecule has 33 heavy (non-hydrogen) atoms. The molecule has 1 unspecified atom stereocenters. The predicted molar refractivity (Wildman–Crippen MR) is 129 cm³/mol. The highest BCUT2D eigenvalue weighted by atomic mass is 16.5. The highest BCUT2D eigenvalue weighted by molar-refractivity contribution is 5.80. The molecule has 2 N–H and O–H groups in total. The summed E-state index contributed by atoms with van der Waals surface area (Å²) in [4.78, 5) is 22.9. The molecule has 6 nitrogen and oxygen atoms in total. The van der Waals surface area contributed by atoms with Crippen LogP contribution in [0.3, 0.4) is 0 Å². The van der Waals surface area contributed by atoms with Gasteiger partial charge in [0.25, 0.3) is 0 Å². The average molecular weight is 441 g/mol. The van der Waals surface area contributed by atoms with Gasteiger partial charge < -0.3 is 19.9 Å². The summed E-state index contributed by atoms with van der Waals surface area (Å²) in [6.45, 7) is 1.46. The molecule has 0 bridgehead atoms. The molecule has 0 saturated carbocycles. The molecular weight excluding hydrogens is 412 g/mol. The van der Waals surface area contributed by atoms with Gasteiger partial charge in [0, 0.05) is 30.9 Å². The molecule has 0 radical (unpaired) electrons. The molecule has 168 valence electrons. The van der Waals surface area contributed by atoms with Crippen LogP contribution in [0.5, 0.6) is 5.75 Å². The van der Waals surface area contributed by atoms with Crippen LogP contribution in [0.4, 0.5) is 4.79 Å². The summed E-state index contributed by atoms with van der Waals surface area (Å²) < 4.78 is 5.30. The number of fused-ring (bicyclic) bond motifs is 1. The van der Waals surface area contributed by atoms with Crippen molar-refractivity contribution < 1.29 is 9.53 Å². The Morgan fingerprint density at radius 1 is 1.03 bits per heavy atom. The second-order valence-corrected chi connectivity index (χ2v) is 8.47. The topological polar surface area (TPSA) is 70.2 Å². The minimum Gasteiger partial charge on any atom is -0.497 e. The Balaban J connectivity index is 1.29. The van der Waals surface area contributed by atoms with Gasteiger partial charge in [-0.2, -0.15) is 0 Å². The van der Waals surface area contributed by atoms with Gasteiger partial charge in [-0.25, -0.2) is 9.78 Å². The summed E-state index contributed by atoms with van der Waals surface area (Å²) in [7, 11) is 1.65. The molecule has 3 heterocycles. The summed E-state index contributed by atoms with van der Waals surface area (Å²) in [6.07, 6.45) is 5.76. The van der Waals surface area contributed by atoms with Crippen molar-refractivity contribution in [3.8, 4) is 5.75 Å². The number of aromatic nitrogens is 2. The zero-order valence-corrected chi connectivity index (χ0v) is 18.7. The first-order chi connectivity index (χ1) is 16.2. The molecule has 2 aromatic heterocycles. The van der Waals surface area contributed by atoms with E-state index >= 15 is 0 Å². The molecule has 0 spiro atoms. The second-order valence-electron chi connectivity index (χ2n) is 8.47. The first-order valence-corrected chi connectivity index (χ1v) is 11.4. The fourth-order valence-corrected chi connectivity index (χ4v) is 4.72. The average Bonchev–Trinajstić information content (AvgIpc) is 3.32. The van der Waals surface area contributed by atoms with Crippen molar-refractivity contribution in [2.24, 2.45) is 0 Å². The molecular formula is C27H28N4O2. The van der Waals surface area contributed by atoms with Crippen molar-refractivity contribution in [1.29, 1.82) is 0 Å². The molecule has 2 aromatic carbocycles. The van der Waals surface area contributed by atoms with Crippen LogP contribution in [0.25, 0.3) is 11.0 Å². The maximum atomic E-state index is 13.3. The molecule has 1 aliphatic rings. The van der Waals surface area contributed by atoms with E-state index in [9.17, 15) is 4.79 Å². The summed E-state index contributed by atoms with van der Waals surface area (Å²) >= 11 is 0. The summed E-state index contributed by atoms with van der Waals surface area (Å²) in [6, 6.07) is 21.8. The Kier molecular flexibility index (Phi) is 5.98. The van der Waals surface area contributed by atoms with Gasteiger partial charge in [-0.1, -0.05) is 42.5 Å². The van der Waals surface area contributed by atoms with E-state index < -0.39 is 0 Å². The van der Waals surface area contributed by atoms with Crippen LogP contribution >= 0.6 is 0 Å². The summed E-state index contributed by atoms with van der Waals surface area (Å²) in [5.74, 6) is 1.23. The van der Waals surface area contributed by atoms with Crippen LogP contribution in [0, 0.1) is 0 Å². The van der Waals surface area contributed by atoms with E-state index in [-0.39, 0.29) is 12.1 Å². The van der Waals surface area contributed by atoms with Gasteiger partial charge in [0.1, 0.15) is 11.4 Å². The number of likely N-dealkylation sites (tertiary alicyclic amines) is 1. The lowest BCUT2D eigenvalue weighted by atomic mass is 9.89. The van der Waals surface area contributed by atoms with E-state index in [4.69, 9.17) is 4.74 Å². The van der Waals surface area contributed by atoms with E-state index in [2.05, 4.69) is 27.5 Å². The minimum absolute atomic E-state index is 0.0290. The third-order valence-electron chi connectivity index (χ3n) is 6.55. The zero-order chi connectivity index (χ0) is 22.6. The van der Waals surface area contributed by atoms with Crippen molar-refractivity contribution in [1.82, 2.24) is 20.2 Å². The van der Waals surface area contributed by atoms with E-state index in [0.717, 1.165) is 48.5 Å². The highest BCUT2D eigenvalue weighted by Gasteiger charge is 2.27. The van der Waals surface area contributed by atoms with Crippen molar-refractivity contribution in [3.05, 3.63) is 95.8 Å². The van der Waals surface area contributed by atoms with Crippen molar-refractivity contribution in [2.75, 3.05) is 20.2 Å². The molecule has 6 heteroatoms. The zero-order valence-electron chi connectivity index (χ0n) is 18.7. The molecule has 4 aromatic rings. The van der Waals surface area contributed by atoms with Crippen LogP contribution < -0.4 is 10.1 Å². The van der Waals surface area contributed by atoms with Crippen molar-refractivity contribution in [2.45, 2.75) is 24.8 Å². The third-order valence-corrected chi connectivity index (χ3v) is 6.55. The first-order valence-electron chi connectivity index (χ1n) is 11.4. The molecule has 0 aliphatic carbocycles. The van der Waals surface area contributed by atoms with Gasteiger partial charge in [-0.15, -0.1) is 0 Å². The third kappa shape index (κ3) is 4.42. The van der Waals surface area contributed by atoms with Crippen LogP contribution in [-0.2, 0) is 0 Å². The number of ether oxygens (including phenoxy) is 1. The molecule has 1 fully saturated rings. The predicted octanol–water partition coefficient (Wildman–Crippen LogP) is 5.25. The number of rotatable bonds is 5. The lowest BCUT2D eigenvalue weighted by Crippen LogP contribution is -2.45. The fraction of sp³-hybridized carbons (Fsp3) is 0.259. The molecule has 1 saturated heterocycles. The maximum Gasteiger partial charge on any atom is 0.318 e. The molecule has 1 aliphatic heterocycles.